The van der Waals surface area contributed by atoms with Gasteiger partial charge < -0.3 is 29.7 Å². The Morgan fingerprint density at radius 2 is 0.787 bits per heavy atom. The Morgan fingerprint density at radius 3 is 1.20 bits per heavy atom. The van der Waals surface area contributed by atoms with Crippen molar-refractivity contribution >= 4 is 47.5 Å². The molecule has 0 aromatic heterocycles. The highest BCUT2D eigenvalue weighted by Crippen LogP contribution is 2.18. The molecule has 1 unspecified atom stereocenters. The first-order chi connectivity index (χ1) is 28.5. The average Bonchev–Trinajstić information content (AvgIpc) is 3.44. The van der Waals surface area contributed by atoms with Crippen molar-refractivity contribution in [2.75, 3.05) is 0 Å². The molecule has 0 aromatic rings. The fourth-order valence-electron chi connectivity index (χ4n) is 6.57. The Morgan fingerprint density at radius 1 is 0.459 bits per heavy atom. The van der Waals surface area contributed by atoms with E-state index in [-0.39, 0.29) is 56.8 Å². The van der Waals surface area contributed by atoms with Crippen molar-refractivity contribution in [3.63, 3.8) is 0 Å². The zero-order valence-electron chi connectivity index (χ0n) is 39.0. The quantitative estimate of drug-likeness (QED) is 0.0304. The van der Waals surface area contributed by atoms with Crippen molar-refractivity contribution in [1.82, 2.24) is 15.7 Å². The minimum atomic E-state index is -1.42. The number of hydrogen-bond donors (Lipinski definition) is 2. The molecule has 1 rings (SSSR count). The molecule has 61 heavy (non-hydrogen) atoms. The number of hydroxylamine groups is 2. The number of hydrogen-bond acceptors (Lipinski definition) is 12. The fourth-order valence-corrected chi connectivity index (χ4v) is 6.57. The van der Waals surface area contributed by atoms with Gasteiger partial charge in [-0.3, -0.25) is 28.8 Å². The van der Waals surface area contributed by atoms with E-state index in [4.69, 9.17) is 19.0 Å². The molecule has 350 valence electrons. The van der Waals surface area contributed by atoms with Crippen LogP contribution in [0.4, 0.5) is 0 Å². The van der Waals surface area contributed by atoms with E-state index in [0.717, 1.165) is 38.5 Å². The van der Waals surface area contributed by atoms with Crippen LogP contribution in [0, 0.1) is 0 Å². The summed E-state index contributed by atoms with van der Waals surface area (Å²) < 4.78 is 16.2. The van der Waals surface area contributed by atoms with E-state index < -0.39 is 64.5 Å². The molecule has 1 aliphatic rings. The summed E-state index contributed by atoms with van der Waals surface area (Å²) in [6.45, 7) is 15.8. The maximum Gasteiger partial charge on any atom is 0.355 e. The predicted octanol–water partition coefficient (Wildman–Crippen LogP) is 8.17. The Labute approximate surface area is 365 Å². The molecule has 2 atom stereocenters. The third kappa shape index (κ3) is 29.0. The highest BCUT2D eigenvalue weighted by Gasteiger charge is 2.36. The van der Waals surface area contributed by atoms with E-state index in [1.807, 2.05) is 20.8 Å². The van der Waals surface area contributed by atoms with E-state index >= 15 is 0 Å². The maximum atomic E-state index is 13.1. The van der Waals surface area contributed by atoms with E-state index in [1.165, 1.54) is 57.8 Å². The van der Waals surface area contributed by atoms with Gasteiger partial charge in [0.05, 0.1) is 0 Å². The number of carbonyl (C=O) groups is 8. The zero-order chi connectivity index (χ0) is 46.1. The van der Waals surface area contributed by atoms with Gasteiger partial charge in [0.1, 0.15) is 28.9 Å². The molecule has 0 bridgehead atoms. The van der Waals surface area contributed by atoms with Gasteiger partial charge in [0.2, 0.25) is 11.8 Å². The fraction of sp³-hybridized carbons (Fsp3) is 0.826. The maximum absolute atomic E-state index is 13.1. The lowest BCUT2D eigenvalue weighted by Gasteiger charge is -2.25. The summed E-state index contributed by atoms with van der Waals surface area (Å²) in [5.41, 5.74) is -2.05. The summed E-state index contributed by atoms with van der Waals surface area (Å²) in [7, 11) is 0. The van der Waals surface area contributed by atoms with Crippen molar-refractivity contribution in [1.29, 1.82) is 0 Å². The SMILES string of the molecule is CC(C)(C)OC(=O)CCCCCCCCCCCCCCCCCCC(=O)N[C@@H](CCC(=O)NC(CCC(=O)OC(C)(C)C)C(=O)ON1C(=O)CCC1=O)C(=O)OC(C)(C)C. The van der Waals surface area contributed by atoms with Crippen LogP contribution in [0.15, 0.2) is 0 Å². The molecule has 0 aliphatic carbocycles. The molecule has 4 amide bonds. The average molecular weight is 866 g/mol. The van der Waals surface area contributed by atoms with Gasteiger partial charge in [-0.25, -0.2) is 9.59 Å². The van der Waals surface area contributed by atoms with Gasteiger partial charge in [-0.05, 0) is 88.0 Å². The number of rotatable bonds is 30. The van der Waals surface area contributed by atoms with Crippen LogP contribution < -0.4 is 10.6 Å². The number of carbonyl (C=O) groups excluding carboxylic acids is 8. The van der Waals surface area contributed by atoms with Crippen molar-refractivity contribution in [2.24, 2.45) is 0 Å². The predicted molar refractivity (Wildman–Crippen MR) is 230 cm³/mol. The zero-order valence-corrected chi connectivity index (χ0v) is 39.0. The summed E-state index contributed by atoms with van der Waals surface area (Å²) in [6, 6.07) is -2.55. The van der Waals surface area contributed by atoms with Gasteiger partial charge in [0, 0.05) is 38.5 Å². The van der Waals surface area contributed by atoms with Gasteiger partial charge in [-0.1, -0.05) is 89.9 Å². The normalized spacial score (nSPS) is 14.3. The van der Waals surface area contributed by atoms with Crippen molar-refractivity contribution in [2.45, 2.75) is 245 Å². The molecule has 0 spiro atoms. The lowest BCUT2D eigenvalue weighted by molar-refractivity contribution is -0.199. The first-order valence-corrected chi connectivity index (χ1v) is 22.8. The van der Waals surface area contributed by atoms with Crippen LogP contribution in [0.3, 0.4) is 0 Å². The Balaban J connectivity index is 2.42. The number of esters is 3. The van der Waals surface area contributed by atoms with Crippen LogP contribution >= 0.6 is 0 Å². The lowest BCUT2D eigenvalue weighted by Crippen LogP contribution is -2.47. The van der Waals surface area contributed by atoms with E-state index in [2.05, 4.69) is 10.6 Å². The van der Waals surface area contributed by atoms with Gasteiger partial charge in [0.25, 0.3) is 11.8 Å². The summed E-state index contributed by atoms with van der Waals surface area (Å²) >= 11 is 0. The van der Waals surface area contributed by atoms with Crippen molar-refractivity contribution in [3.05, 3.63) is 0 Å². The molecule has 1 aliphatic heterocycles. The van der Waals surface area contributed by atoms with Gasteiger partial charge in [-0.2, -0.15) is 0 Å². The van der Waals surface area contributed by atoms with Crippen LogP contribution in [0.1, 0.15) is 216 Å². The second-order valence-electron chi connectivity index (χ2n) is 19.2. The molecule has 15 heteroatoms. The molecule has 0 saturated carbocycles. The highest BCUT2D eigenvalue weighted by molar-refractivity contribution is 6.02. The number of nitrogens with one attached hydrogen (secondary N) is 2. The van der Waals surface area contributed by atoms with Crippen LogP contribution in [-0.2, 0) is 57.4 Å². The third-order valence-electron chi connectivity index (χ3n) is 9.51. The number of nitrogens with zero attached hydrogens (tertiary/aromatic N) is 1. The summed E-state index contributed by atoms with van der Waals surface area (Å²) in [4.78, 5) is 105. The summed E-state index contributed by atoms with van der Waals surface area (Å²) in [5, 5.41) is 5.55. The first-order valence-electron chi connectivity index (χ1n) is 22.8. The minimum absolute atomic E-state index is 0.103. The Bertz CT molecular complexity index is 1390. The van der Waals surface area contributed by atoms with Crippen LogP contribution in [0.5, 0.6) is 0 Å². The van der Waals surface area contributed by atoms with Crippen molar-refractivity contribution in [3.8, 4) is 0 Å². The summed E-state index contributed by atoms with van der Waals surface area (Å²) in [6.07, 6.45) is 17.4. The molecule has 2 N–H and O–H groups in total. The molecule has 1 fully saturated rings. The molecular formula is C46H79N3O12. The monoisotopic (exact) mass is 866 g/mol. The lowest BCUT2D eigenvalue weighted by atomic mass is 10.0. The van der Waals surface area contributed by atoms with Crippen LogP contribution in [-0.4, -0.2) is 81.5 Å². The molecule has 0 aromatic carbocycles. The molecule has 0 radical (unpaired) electrons. The molecule has 15 nitrogen and oxygen atoms in total. The van der Waals surface area contributed by atoms with Gasteiger partial charge in [-0.15, -0.1) is 5.06 Å². The Kier molecular flexibility index (Phi) is 25.7. The third-order valence-corrected chi connectivity index (χ3v) is 9.51. The molecular weight excluding hydrogens is 787 g/mol. The number of ether oxygens (including phenoxy) is 3. The molecule has 1 saturated heterocycles. The summed E-state index contributed by atoms with van der Waals surface area (Å²) in [5.74, 6) is -4.98. The number of imide groups is 1. The topological polar surface area (TPSA) is 201 Å². The van der Waals surface area contributed by atoms with E-state index in [9.17, 15) is 38.4 Å². The van der Waals surface area contributed by atoms with E-state index in [0.29, 0.717) is 17.9 Å². The van der Waals surface area contributed by atoms with Crippen LogP contribution in [0.2, 0.25) is 0 Å². The first kappa shape index (κ1) is 55.0. The molecule has 1 heterocycles. The largest absolute Gasteiger partial charge is 0.460 e. The number of unbranched alkanes of at least 4 members (excludes halogenated alkanes) is 15. The second-order valence-corrected chi connectivity index (χ2v) is 19.2. The van der Waals surface area contributed by atoms with Crippen molar-refractivity contribution < 1.29 is 57.4 Å². The minimum Gasteiger partial charge on any atom is -0.460 e. The smallest absolute Gasteiger partial charge is 0.355 e. The standard InChI is InChI=1S/C46H79N3O12/c1-44(2,3)58-40(54)27-25-23-21-19-17-15-13-11-10-12-14-16-18-20-22-24-26-36(50)47-34(42(56)60-46(7,8)9)28-30-37(51)48-35(29-33-41(55)59-45(4,5)6)43(57)61-49-38(52)31-32-39(49)53/h34-35H,10-33H2,1-9H3,(H,47,50)(H,48,51)/t34-,35?/m0/s1. The van der Waals surface area contributed by atoms with E-state index in [1.54, 1.807) is 41.5 Å². The number of amides is 4. The second kappa shape index (κ2) is 28.5. The van der Waals surface area contributed by atoms with Gasteiger partial charge in [0.15, 0.2) is 0 Å². The van der Waals surface area contributed by atoms with Gasteiger partial charge >= 0.3 is 23.9 Å². The Hall–Kier alpha value is -4.04. The highest BCUT2D eigenvalue weighted by atomic mass is 16.7. The van der Waals surface area contributed by atoms with Crippen LogP contribution in [0.25, 0.3) is 0 Å².